The van der Waals surface area contributed by atoms with Crippen molar-refractivity contribution in [3.8, 4) is 0 Å². The second-order valence-electron chi connectivity index (χ2n) is 7.73. The summed E-state index contributed by atoms with van der Waals surface area (Å²) in [5.41, 5.74) is 3.16. The highest BCUT2D eigenvalue weighted by Gasteiger charge is 2.19. The van der Waals surface area contributed by atoms with Crippen molar-refractivity contribution in [2.24, 2.45) is 0 Å². The van der Waals surface area contributed by atoms with Crippen LogP contribution in [-0.2, 0) is 17.9 Å². The number of thiophene rings is 1. The topological polar surface area (TPSA) is 61.4 Å². The molecule has 156 valence electrons. The van der Waals surface area contributed by atoms with E-state index in [9.17, 15) is 9.59 Å². The van der Waals surface area contributed by atoms with Crippen LogP contribution in [0.4, 0.5) is 0 Å². The number of likely N-dealkylation sites (tertiary alicyclic amines) is 1. The molecule has 5 nitrogen and oxygen atoms in total. The molecule has 2 heterocycles. The van der Waals surface area contributed by atoms with Crippen molar-refractivity contribution < 1.29 is 9.59 Å². The molecule has 0 aliphatic carbocycles. The summed E-state index contributed by atoms with van der Waals surface area (Å²) in [6, 6.07) is 10.8. The maximum atomic E-state index is 12.2. The second kappa shape index (κ2) is 11.1. The fourth-order valence-electron chi connectivity index (χ4n) is 3.72. The van der Waals surface area contributed by atoms with Crippen molar-refractivity contribution in [2.45, 2.75) is 58.2 Å². The third kappa shape index (κ3) is 6.68. The SMILES string of the molecule is C[C@H]1CCCCN1Cc1ccccc1CNC(=O)CCCNC(=O)c1ccsc1. The van der Waals surface area contributed by atoms with Crippen LogP contribution in [0.5, 0.6) is 0 Å². The van der Waals surface area contributed by atoms with Crippen LogP contribution in [0.3, 0.4) is 0 Å². The number of hydrogen-bond acceptors (Lipinski definition) is 4. The van der Waals surface area contributed by atoms with Gasteiger partial charge in [-0.3, -0.25) is 14.5 Å². The van der Waals surface area contributed by atoms with Gasteiger partial charge in [0.25, 0.3) is 5.91 Å². The highest BCUT2D eigenvalue weighted by molar-refractivity contribution is 7.08. The van der Waals surface area contributed by atoms with E-state index in [0.29, 0.717) is 37.5 Å². The number of amides is 2. The van der Waals surface area contributed by atoms with Gasteiger partial charge in [-0.25, -0.2) is 0 Å². The van der Waals surface area contributed by atoms with Gasteiger partial charge in [-0.05, 0) is 55.3 Å². The van der Waals surface area contributed by atoms with Gasteiger partial charge in [0, 0.05) is 43.0 Å². The lowest BCUT2D eigenvalue weighted by molar-refractivity contribution is -0.121. The van der Waals surface area contributed by atoms with E-state index in [4.69, 9.17) is 0 Å². The highest BCUT2D eigenvalue weighted by atomic mass is 32.1. The van der Waals surface area contributed by atoms with Gasteiger partial charge >= 0.3 is 0 Å². The first kappa shape index (κ1) is 21.5. The normalized spacial score (nSPS) is 17.1. The number of benzene rings is 1. The number of piperidine rings is 1. The average Bonchev–Trinajstić information content (AvgIpc) is 3.27. The molecule has 3 rings (SSSR count). The molecule has 2 aromatic rings. The quantitative estimate of drug-likeness (QED) is 0.612. The Bertz CT molecular complexity index is 791. The highest BCUT2D eigenvalue weighted by Crippen LogP contribution is 2.20. The molecule has 1 aliphatic rings. The van der Waals surface area contributed by atoms with E-state index in [1.165, 1.54) is 41.7 Å². The minimum atomic E-state index is -0.0764. The number of nitrogens with zero attached hydrogens (tertiary/aromatic N) is 1. The Hall–Kier alpha value is -2.18. The van der Waals surface area contributed by atoms with Crippen LogP contribution < -0.4 is 10.6 Å². The van der Waals surface area contributed by atoms with E-state index >= 15 is 0 Å². The smallest absolute Gasteiger partial charge is 0.252 e. The van der Waals surface area contributed by atoms with E-state index in [1.54, 1.807) is 6.07 Å². The molecule has 0 saturated carbocycles. The molecule has 29 heavy (non-hydrogen) atoms. The summed E-state index contributed by atoms with van der Waals surface area (Å²) in [5, 5.41) is 9.59. The van der Waals surface area contributed by atoms with Crippen molar-refractivity contribution in [3.05, 3.63) is 57.8 Å². The van der Waals surface area contributed by atoms with Gasteiger partial charge in [-0.1, -0.05) is 30.7 Å². The fraction of sp³-hybridized carbons (Fsp3) is 0.478. The summed E-state index contributed by atoms with van der Waals surface area (Å²) in [7, 11) is 0. The zero-order valence-corrected chi connectivity index (χ0v) is 18.0. The summed E-state index contributed by atoms with van der Waals surface area (Å²) < 4.78 is 0. The Morgan fingerprint density at radius 3 is 2.72 bits per heavy atom. The number of hydrogen-bond donors (Lipinski definition) is 2. The second-order valence-corrected chi connectivity index (χ2v) is 8.51. The van der Waals surface area contributed by atoms with Crippen LogP contribution >= 0.6 is 11.3 Å². The van der Waals surface area contributed by atoms with E-state index in [1.807, 2.05) is 16.8 Å². The lowest BCUT2D eigenvalue weighted by Crippen LogP contribution is -2.37. The summed E-state index contributed by atoms with van der Waals surface area (Å²) in [6.07, 6.45) is 4.90. The molecule has 1 aromatic carbocycles. The first-order chi connectivity index (χ1) is 14.1. The largest absolute Gasteiger partial charge is 0.352 e. The van der Waals surface area contributed by atoms with Crippen molar-refractivity contribution in [3.63, 3.8) is 0 Å². The Balaban J connectivity index is 1.40. The molecule has 1 saturated heterocycles. The van der Waals surface area contributed by atoms with Crippen LogP contribution in [0.15, 0.2) is 41.1 Å². The van der Waals surface area contributed by atoms with Crippen LogP contribution in [0.1, 0.15) is 60.5 Å². The van der Waals surface area contributed by atoms with Gasteiger partial charge in [0.15, 0.2) is 0 Å². The van der Waals surface area contributed by atoms with Gasteiger partial charge < -0.3 is 10.6 Å². The fourth-order valence-corrected chi connectivity index (χ4v) is 4.36. The van der Waals surface area contributed by atoms with Crippen molar-refractivity contribution in [1.29, 1.82) is 0 Å². The molecule has 0 unspecified atom stereocenters. The van der Waals surface area contributed by atoms with Gasteiger partial charge in [0.2, 0.25) is 5.91 Å². The number of rotatable bonds is 9. The molecule has 0 bridgehead atoms. The summed E-state index contributed by atoms with van der Waals surface area (Å²) in [4.78, 5) is 26.6. The molecule has 0 spiro atoms. The van der Waals surface area contributed by atoms with Crippen LogP contribution in [-0.4, -0.2) is 35.8 Å². The molecule has 2 amide bonds. The predicted octanol–water partition coefficient (Wildman–Crippen LogP) is 3.95. The number of nitrogens with one attached hydrogen (secondary N) is 2. The Labute approximate surface area is 177 Å². The van der Waals surface area contributed by atoms with Crippen LogP contribution in [0.25, 0.3) is 0 Å². The summed E-state index contributed by atoms with van der Waals surface area (Å²) >= 11 is 1.50. The summed E-state index contributed by atoms with van der Waals surface area (Å²) in [6.45, 7) is 5.46. The van der Waals surface area contributed by atoms with Crippen molar-refractivity contribution >= 4 is 23.2 Å². The standard InChI is InChI=1S/C23H31N3O2S/c1-18-7-4-5-13-26(18)16-20-9-3-2-8-19(20)15-25-22(27)10-6-12-24-23(28)21-11-14-29-17-21/h2-3,8-9,11,14,17-18H,4-7,10,12-13,15-16H2,1H3,(H,24,28)(H,25,27)/t18-/m0/s1. The van der Waals surface area contributed by atoms with E-state index in [-0.39, 0.29) is 11.8 Å². The minimum Gasteiger partial charge on any atom is -0.352 e. The molecular weight excluding hydrogens is 382 g/mol. The lowest BCUT2D eigenvalue weighted by Gasteiger charge is -2.33. The third-order valence-corrected chi connectivity index (χ3v) is 6.24. The average molecular weight is 414 g/mol. The predicted molar refractivity (Wildman–Crippen MR) is 118 cm³/mol. The van der Waals surface area contributed by atoms with Gasteiger partial charge in [0.05, 0.1) is 0 Å². The third-order valence-electron chi connectivity index (χ3n) is 5.56. The van der Waals surface area contributed by atoms with E-state index in [2.05, 4.69) is 40.7 Å². The lowest BCUT2D eigenvalue weighted by atomic mass is 10.0. The van der Waals surface area contributed by atoms with Crippen molar-refractivity contribution in [1.82, 2.24) is 15.5 Å². The first-order valence-corrected chi connectivity index (χ1v) is 11.5. The van der Waals surface area contributed by atoms with Crippen LogP contribution in [0.2, 0.25) is 0 Å². The molecule has 1 atom stereocenters. The van der Waals surface area contributed by atoms with E-state index < -0.39 is 0 Å². The van der Waals surface area contributed by atoms with Gasteiger partial charge in [0.1, 0.15) is 0 Å². The number of carbonyl (C=O) groups excluding carboxylic acids is 2. The Morgan fingerprint density at radius 2 is 1.97 bits per heavy atom. The van der Waals surface area contributed by atoms with Crippen LogP contribution in [0, 0.1) is 0 Å². The first-order valence-electron chi connectivity index (χ1n) is 10.5. The van der Waals surface area contributed by atoms with Crippen molar-refractivity contribution in [2.75, 3.05) is 13.1 Å². The maximum Gasteiger partial charge on any atom is 0.252 e. The number of carbonyl (C=O) groups is 2. The van der Waals surface area contributed by atoms with E-state index in [0.717, 1.165) is 13.1 Å². The molecule has 1 aliphatic heterocycles. The minimum absolute atomic E-state index is 0.0240. The van der Waals surface area contributed by atoms with Gasteiger partial charge in [-0.2, -0.15) is 11.3 Å². The molecule has 1 fully saturated rings. The monoisotopic (exact) mass is 413 g/mol. The zero-order valence-electron chi connectivity index (χ0n) is 17.2. The molecule has 0 radical (unpaired) electrons. The summed E-state index contributed by atoms with van der Waals surface area (Å²) in [5.74, 6) is -0.0524. The molecule has 6 heteroatoms. The molecule has 2 N–H and O–H groups in total. The molecule has 1 aromatic heterocycles. The maximum absolute atomic E-state index is 12.2. The molecular formula is C23H31N3O2S. The Kier molecular flexibility index (Phi) is 8.25. The van der Waals surface area contributed by atoms with Gasteiger partial charge in [-0.15, -0.1) is 0 Å². The zero-order chi connectivity index (χ0) is 20.5. The Morgan fingerprint density at radius 1 is 1.14 bits per heavy atom.